The van der Waals surface area contributed by atoms with Crippen LogP contribution in [0.4, 0.5) is 5.95 Å². The summed E-state index contributed by atoms with van der Waals surface area (Å²) in [5, 5.41) is 7.94. The Balaban J connectivity index is 2.22. The first-order chi connectivity index (χ1) is 8.02. The van der Waals surface area contributed by atoms with Crippen LogP contribution in [-0.4, -0.2) is 27.9 Å². The molecule has 2 rings (SSSR count). The van der Waals surface area contributed by atoms with Gasteiger partial charge in [-0.05, 0) is 24.8 Å². The van der Waals surface area contributed by atoms with Crippen molar-refractivity contribution in [2.24, 2.45) is 11.1 Å². The van der Waals surface area contributed by atoms with Crippen molar-refractivity contribution in [3.8, 4) is 0 Å². The molecule has 1 aliphatic rings. The third kappa shape index (κ3) is 2.60. The summed E-state index contributed by atoms with van der Waals surface area (Å²) in [4.78, 5) is 4.54. The lowest BCUT2D eigenvalue weighted by Crippen LogP contribution is -2.32. The fraction of sp³-hybridized carbons (Fsp3) is 0.833. The molecule has 5 nitrogen and oxygen atoms in total. The van der Waals surface area contributed by atoms with Crippen LogP contribution in [0, 0.1) is 5.41 Å². The van der Waals surface area contributed by atoms with Gasteiger partial charge in [-0.1, -0.05) is 20.8 Å². The van der Waals surface area contributed by atoms with Gasteiger partial charge in [-0.25, -0.2) is 4.68 Å². The molecule has 3 N–H and O–H groups in total. The fourth-order valence-corrected chi connectivity index (χ4v) is 2.31. The zero-order valence-corrected chi connectivity index (χ0v) is 11.0. The summed E-state index contributed by atoms with van der Waals surface area (Å²) in [5.41, 5.74) is 5.74. The molecule has 0 bridgehead atoms. The minimum Gasteiger partial charge on any atom is -0.354 e. The van der Waals surface area contributed by atoms with Gasteiger partial charge in [0.15, 0.2) is 5.82 Å². The van der Waals surface area contributed by atoms with Gasteiger partial charge < -0.3 is 11.1 Å². The molecule has 0 fully saturated rings. The Morgan fingerprint density at radius 3 is 2.88 bits per heavy atom. The van der Waals surface area contributed by atoms with Crippen molar-refractivity contribution < 1.29 is 0 Å². The van der Waals surface area contributed by atoms with E-state index < -0.39 is 0 Å². The first kappa shape index (κ1) is 12.4. The Hall–Kier alpha value is -1.10. The highest BCUT2D eigenvalue weighted by molar-refractivity contribution is 5.28. The SMILES string of the molecule is CC(C)(C)C1CCNc2nc(CCCN)nn21. The van der Waals surface area contributed by atoms with E-state index in [1.54, 1.807) is 0 Å². The highest BCUT2D eigenvalue weighted by atomic mass is 15.4. The predicted molar refractivity (Wildman–Crippen MR) is 69.0 cm³/mol. The third-order valence-corrected chi connectivity index (χ3v) is 3.28. The van der Waals surface area contributed by atoms with E-state index in [9.17, 15) is 0 Å². The zero-order chi connectivity index (χ0) is 12.5. The molecule has 1 atom stereocenters. The minimum absolute atomic E-state index is 0.218. The van der Waals surface area contributed by atoms with Crippen LogP contribution in [0.1, 0.15) is 45.5 Å². The first-order valence-electron chi connectivity index (χ1n) is 6.41. The molecule has 0 radical (unpaired) electrons. The van der Waals surface area contributed by atoms with Gasteiger partial charge in [0, 0.05) is 13.0 Å². The molecule has 5 heteroatoms. The van der Waals surface area contributed by atoms with Gasteiger partial charge in [-0.3, -0.25) is 0 Å². The molecule has 0 saturated carbocycles. The predicted octanol–water partition coefficient (Wildman–Crippen LogP) is 1.57. The quantitative estimate of drug-likeness (QED) is 0.837. The van der Waals surface area contributed by atoms with E-state index in [0.717, 1.165) is 37.6 Å². The number of nitrogens with zero attached hydrogens (tertiary/aromatic N) is 3. The van der Waals surface area contributed by atoms with E-state index in [0.29, 0.717) is 12.6 Å². The van der Waals surface area contributed by atoms with Gasteiger partial charge >= 0.3 is 0 Å². The standard InChI is InChI=1S/C12H23N5/c1-12(2,3)9-6-8-14-11-15-10(5-4-7-13)16-17(9)11/h9H,4-8,13H2,1-3H3,(H,14,15,16). The van der Waals surface area contributed by atoms with E-state index in [-0.39, 0.29) is 5.41 Å². The van der Waals surface area contributed by atoms with Crippen LogP contribution in [0.2, 0.25) is 0 Å². The van der Waals surface area contributed by atoms with Gasteiger partial charge in [0.2, 0.25) is 5.95 Å². The fourth-order valence-electron chi connectivity index (χ4n) is 2.31. The topological polar surface area (TPSA) is 68.8 Å². The maximum atomic E-state index is 5.52. The first-order valence-corrected chi connectivity index (χ1v) is 6.41. The second-order valence-electron chi connectivity index (χ2n) is 5.79. The van der Waals surface area contributed by atoms with Crippen LogP contribution in [-0.2, 0) is 6.42 Å². The van der Waals surface area contributed by atoms with Gasteiger partial charge in [0.05, 0.1) is 6.04 Å². The molecule has 0 aliphatic carbocycles. The summed E-state index contributed by atoms with van der Waals surface area (Å²) in [6.45, 7) is 8.45. The van der Waals surface area contributed by atoms with Crippen LogP contribution in [0.3, 0.4) is 0 Å². The average molecular weight is 237 g/mol. The average Bonchev–Trinajstić information content (AvgIpc) is 2.66. The Kier molecular flexibility index (Phi) is 3.38. The molecule has 2 heterocycles. The van der Waals surface area contributed by atoms with Crippen LogP contribution in [0.5, 0.6) is 0 Å². The van der Waals surface area contributed by atoms with E-state index in [1.807, 2.05) is 0 Å². The van der Waals surface area contributed by atoms with Crippen LogP contribution in [0.15, 0.2) is 0 Å². The van der Waals surface area contributed by atoms with Crippen LogP contribution in [0.25, 0.3) is 0 Å². The van der Waals surface area contributed by atoms with Crippen molar-refractivity contribution in [3.63, 3.8) is 0 Å². The zero-order valence-electron chi connectivity index (χ0n) is 11.0. The second kappa shape index (κ2) is 4.64. The van der Waals surface area contributed by atoms with Gasteiger partial charge in [-0.2, -0.15) is 10.1 Å². The van der Waals surface area contributed by atoms with Crippen LogP contribution < -0.4 is 11.1 Å². The van der Waals surface area contributed by atoms with Crippen molar-refractivity contribution in [2.45, 2.75) is 46.1 Å². The molecule has 0 aromatic carbocycles. The number of hydrogen-bond donors (Lipinski definition) is 2. The number of aromatic nitrogens is 3. The van der Waals surface area contributed by atoms with Crippen molar-refractivity contribution in [3.05, 3.63) is 5.82 Å². The number of hydrogen-bond acceptors (Lipinski definition) is 4. The number of rotatable bonds is 3. The van der Waals surface area contributed by atoms with Gasteiger partial charge in [0.1, 0.15) is 0 Å². The summed E-state index contributed by atoms with van der Waals surface area (Å²) >= 11 is 0. The number of anilines is 1. The maximum Gasteiger partial charge on any atom is 0.221 e. The Morgan fingerprint density at radius 1 is 1.47 bits per heavy atom. The molecule has 1 aliphatic heterocycles. The van der Waals surface area contributed by atoms with Crippen molar-refractivity contribution in [1.82, 2.24) is 14.8 Å². The number of fused-ring (bicyclic) bond motifs is 1. The lowest BCUT2D eigenvalue weighted by molar-refractivity contribution is 0.209. The van der Waals surface area contributed by atoms with Gasteiger partial charge in [-0.15, -0.1) is 0 Å². The molecule has 0 saturated heterocycles. The lowest BCUT2D eigenvalue weighted by atomic mass is 9.84. The molecule has 1 aromatic heterocycles. The molecule has 96 valence electrons. The van der Waals surface area contributed by atoms with Crippen molar-refractivity contribution in [2.75, 3.05) is 18.4 Å². The largest absolute Gasteiger partial charge is 0.354 e. The van der Waals surface area contributed by atoms with E-state index in [1.165, 1.54) is 0 Å². The number of nitrogens with one attached hydrogen (secondary N) is 1. The molecular formula is C12H23N5. The highest BCUT2D eigenvalue weighted by Gasteiger charge is 2.32. The second-order valence-corrected chi connectivity index (χ2v) is 5.79. The van der Waals surface area contributed by atoms with Crippen molar-refractivity contribution in [1.29, 1.82) is 0 Å². The normalized spacial score (nSPS) is 19.9. The van der Waals surface area contributed by atoms with E-state index in [4.69, 9.17) is 5.73 Å². The van der Waals surface area contributed by atoms with E-state index >= 15 is 0 Å². The van der Waals surface area contributed by atoms with E-state index in [2.05, 4.69) is 40.9 Å². The minimum atomic E-state index is 0.218. The van der Waals surface area contributed by atoms with Gasteiger partial charge in [0.25, 0.3) is 0 Å². The number of aryl methyl sites for hydroxylation is 1. The van der Waals surface area contributed by atoms with Crippen LogP contribution >= 0.6 is 0 Å². The molecular weight excluding hydrogens is 214 g/mol. The highest BCUT2D eigenvalue weighted by Crippen LogP contribution is 2.36. The molecule has 0 amide bonds. The summed E-state index contributed by atoms with van der Waals surface area (Å²) in [5.74, 6) is 1.83. The summed E-state index contributed by atoms with van der Waals surface area (Å²) < 4.78 is 2.06. The smallest absolute Gasteiger partial charge is 0.221 e. The molecule has 17 heavy (non-hydrogen) atoms. The molecule has 1 aromatic rings. The third-order valence-electron chi connectivity index (χ3n) is 3.28. The monoisotopic (exact) mass is 237 g/mol. The summed E-state index contributed by atoms with van der Waals surface area (Å²) in [7, 11) is 0. The lowest BCUT2D eigenvalue weighted by Gasteiger charge is -2.34. The summed E-state index contributed by atoms with van der Waals surface area (Å²) in [6, 6.07) is 0.429. The Bertz CT molecular complexity index is 377. The molecule has 1 unspecified atom stereocenters. The maximum absolute atomic E-state index is 5.52. The Morgan fingerprint density at radius 2 is 2.24 bits per heavy atom. The Labute approximate surface area is 103 Å². The molecule has 0 spiro atoms. The summed E-state index contributed by atoms with van der Waals surface area (Å²) in [6.07, 6.45) is 2.93. The van der Waals surface area contributed by atoms with Crippen molar-refractivity contribution >= 4 is 5.95 Å². The number of nitrogens with two attached hydrogens (primary N) is 1.